The zero-order chi connectivity index (χ0) is 23.9. The molecule has 0 amide bonds. The number of aliphatic hydroxyl groups excluding tert-OH is 2. The van der Waals surface area contributed by atoms with Crippen LogP contribution in [0.25, 0.3) is 0 Å². The van der Waals surface area contributed by atoms with Crippen LogP contribution in [0.15, 0.2) is 60.7 Å². The van der Waals surface area contributed by atoms with Crippen molar-refractivity contribution in [3.63, 3.8) is 0 Å². The average molecular weight is 460 g/mol. The quantitative estimate of drug-likeness (QED) is 0.256. The summed E-state index contributed by atoms with van der Waals surface area (Å²) in [7, 11) is 0. The van der Waals surface area contributed by atoms with E-state index in [1.54, 1.807) is 0 Å². The Kier molecular flexibility index (Phi) is 8.32. The molecule has 3 N–H and O–H groups in total. The molecule has 0 radical (unpaired) electrons. The van der Waals surface area contributed by atoms with Gasteiger partial charge in [0.1, 0.15) is 11.9 Å². The number of benzene rings is 2. The molecule has 0 spiro atoms. The molecule has 0 saturated heterocycles. The smallest absolute Gasteiger partial charge is 0.126 e. The van der Waals surface area contributed by atoms with E-state index in [1.807, 2.05) is 44.2 Å². The molecule has 1 aliphatic heterocycles. The second-order valence-electron chi connectivity index (χ2n) is 9.63. The number of fused-ring (bicyclic) bond motifs is 3. The first-order chi connectivity index (χ1) is 16.6. The average Bonchev–Trinajstić information content (AvgIpc) is 3.36. The Hall–Kier alpha value is -2.74. The first-order valence-corrected chi connectivity index (χ1v) is 12.6. The van der Waals surface area contributed by atoms with Crippen molar-refractivity contribution in [1.82, 2.24) is 0 Å². The van der Waals surface area contributed by atoms with E-state index in [0.717, 1.165) is 37.2 Å². The number of anilines is 1. The zero-order valence-corrected chi connectivity index (χ0v) is 20.3. The van der Waals surface area contributed by atoms with Crippen molar-refractivity contribution in [1.29, 1.82) is 0 Å². The van der Waals surface area contributed by atoms with Gasteiger partial charge in [0.15, 0.2) is 0 Å². The van der Waals surface area contributed by atoms with Crippen molar-refractivity contribution in [2.75, 3.05) is 11.9 Å². The minimum Gasteiger partial charge on any atom is -0.489 e. The van der Waals surface area contributed by atoms with E-state index in [-0.39, 0.29) is 23.9 Å². The van der Waals surface area contributed by atoms with Gasteiger partial charge in [-0.3, -0.25) is 0 Å². The molecule has 2 aromatic carbocycles. The van der Waals surface area contributed by atoms with E-state index in [1.165, 1.54) is 11.1 Å². The number of nitrogens with one attached hydrogen (secondary N) is 1. The minimum absolute atomic E-state index is 0.000992. The van der Waals surface area contributed by atoms with E-state index in [4.69, 9.17) is 4.74 Å². The Balaban J connectivity index is 1.37. The topological polar surface area (TPSA) is 61.7 Å². The van der Waals surface area contributed by atoms with Gasteiger partial charge in [0.2, 0.25) is 0 Å². The summed E-state index contributed by atoms with van der Waals surface area (Å²) in [5, 5.41) is 24.7. The molecule has 34 heavy (non-hydrogen) atoms. The second kappa shape index (κ2) is 11.6. The van der Waals surface area contributed by atoms with Crippen LogP contribution >= 0.6 is 0 Å². The fraction of sp³-hybridized carbons (Fsp3) is 0.467. The number of hydrogen-bond donors (Lipinski definition) is 3. The molecule has 2 aromatic rings. The van der Waals surface area contributed by atoms with Crippen LogP contribution in [0, 0.1) is 23.7 Å². The summed E-state index contributed by atoms with van der Waals surface area (Å²) in [4.78, 5) is 0. The summed E-state index contributed by atoms with van der Waals surface area (Å²) >= 11 is 0. The zero-order valence-electron chi connectivity index (χ0n) is 20.3. The van der Waals surface area contributed by atoms with Gasteiger partial charge >= 0.3 is 0 Å². The number of para-hydroxylation sites is 2. The lowest BCUT2D eigenvalue weighted by Gasteiger charge is -2.19. The van der Waals surface area contributed by atoms with Gasteiger partial charge in [-0.05, 0) is 49.8 Å². The van der Waals surface area contributed by atoms with Gasteiger partial charge in [-0.1, -0.05) is 55.5 Å². The highest BCUT2D eigenvalue weighted by atomic mass is 16.5. The lowest BCUT2D eigenvalue weighted by molar-refractivity contribution is 0.134. The Morgan fingerprint density at radius 2 is 1.97 bits per heavy atom. The Labute approximate surface area is 204 Å². The van der Waals surface area contributed by atoms with Crippen LogP contribution in [0.1, 0.15) is 56.6 Å². The Morgan fingerprint density at radius 3 is 2.76 bits per heavy atom. The van der Waals surface area contributed by atoms with Crippen molar-refractivity contribution in [2.24, 2.45) is 11.8 Å². The third-order valence-corrected chi connectivity index (χ3v) is 7.18. The lowest BCUT2D eigenvalue weighted by atomic mass is 9.86. The molecule has 1 saturated carbocycles. The number of rotatable bonds is 10. The predicted octanol–water partition coefficient (Wildman–Crippen LogP) is 5.31. The van der Waals surface area contributed by atoms with Gasteiger partial charge in [0.25, 0.3) is 0 Å². The molecule has 1 heterocycles. The maximum Gasteiger partial charge on any atom is 0.126 e. The fourth-order valence-corrected chi connectivity index (χ4v) is 5.21. The molecule has 0 unspecified atom stereocenters. The highest BCUT2D eigenvalue weighted by Gasteiger charge is 2.48. The number of unbranched alkanes of at least 4 members (excludes halogenated alkanes) is 1. The normalized spacial score (nSPS) is 24.6. The molecule has 2 aliphatic rings. The SMILES string of the molecule is CC#CC[C@@H](C)[C@H](O)/C=C/[C@@H]1[C@H]2c3cccc(CCCCNc4ccccc4)c3O[C@H]2C[C@H]1O. The van der Waals surface area contributed by atoms with Gasteiger partial charge in [-0.25, -0.2) is 0 Å². The molecule has 1 fully saturated rings. The van der Waals surface area contributed by atoms with Crippen LogP contribution < -0.4 is 10.1 Å². The van der Waals surface area contributed by atoms with Gasteiger partial charge < -0.3 is 20.3 Å². The third kappa shape index (κ3) is 5.66. The number of aliphatic hydroxyl groups is 2. The van der Waals surface area contributed by atoms with E-state index in [2.05, 4.69) is 47.5 Å². The molecular weight excluding hydrogens is 422 g/mol. The van der Waals surface area contributed by atoms with Crippen LogP contribution in [0.4, 0.5) is 5.69 Å². The molecule has 0 bridgehead atoms. The standard InChI is InChI=1S/C30H37NO3/c1-3-4-11-21(2)26(32)18-17-24-27(33)20-28-29(24)25-16-10-13-22(30(25)34-28)12-8-9-19-31-23-14-6-5-7-15-23/h5-7,10,13-18,21,24,26-29,31-33H,8-9,11-12,19-20H2,1-2H3/b18-17+/t21-,24+,26-,27-,28+,29+/m1/s1. The van der Waals surface area contributed by atoms with E-state index >= 15 is 0 Å². The van der Waals surface area contributed by atoms with Crippen molar-refractivity contribution in [3.8, 4) is 17.6 Å². The molecule has 6 atom stereocenters. The summed E-state index contributed by atoms with van der Waals surface area (Å²) in [5.74, 6) is 7.10. The van der Waals surface area contributed by atoms with Crippen LogP contribution in [-0.4, -0.2) is 35.1 Å². The van der Waals surface area contributed by atoms with E-state index in [0.29, 0.717) is 12.8 Å². The van der Waals surface area contributed by atoms with Crippen molar-refractivity contribution >= 4 is 5.69 Å². The number of aryl methyl sites for hydroxylation is 1. The second-order valence-corrected chi connectivity index (χ2v) is 9.63. The monoisotopic (exact) mass is 459 g/mol. The van der Waals surface area contributed by atoms with Gasteiger partial charge in [-0.15, -0.1) is 11.8 Å². The molecule has 4 rings (SSSR count). The van der Waals surface area contributed by atoms with Gasteiger partial charge in [-0.2, -0.15) is 0 Å². The molecule has 0 aromatic heterocycles. The highest BCUT2D eigenvalue weighted by molar-refractivity contribution is 5.49. The van der Waals surface area contributed by atoms with Crippen molar-refractivity contribution < 1.29 is 14.9 Å². The molecule has 1 aliphatic carbocycles. The van der Waals surface area contributed by atoms with Crippen LogP contribution in [-0.2, 0) is 6.42 Å². The summed E-state index contributed by atoms with van der Waals surface area (Å²) in [6.45, 7) is 4.77. The first kappa shape index (κ1) is 24.4. The van der Waals surface area contributed by atoms with Gasteiger partial charge in [0, 0.05) is 42.5 Å². The van der Waals surface area contributed by atoms with Crippen molar-refractivity contribution in [3.05, 3.63) is 71.8 Å². The summed E-state index contributed by atoms with van der Waals surface area (Å²) in [6.07, 6.45) is 7.29. The third-order valence-electron chi connectivity index (χ3n) is 7.18. The molecule has 4 heteroatoms. The van der Waals surface area contributed by atoms with Crippen LogP contribution in [0.3, 0.4) is 0 Å². The van der Waals surface area contributed by atoms with Gasteiger partial charge in [0.05, 0.1) is 12.2 Å². The lowest BCUT2D eigenvalue weighted by Crippen LogP contribution is -2.19. The Morgan fingerprint density at radius 1 is 1.15 bits per heavy atom. The predicted molar refractivity (Wildman–Crippen MR) is 138 cm³/mol. The van der Waals surface area contributed by atoms with E-state index in [9.17, 15) is 10.2 Å². The molecule has 4 nitrogen and oxygen atoms in total. The number of hydrogen-bond acceptors (Lipinski definition) is 4. The maximum atomic E-state index is 10.7. The summed E-state index contributed by atoms with van der Waals surface area (Å²) in [5.41, 5.74) is 3.63. The number of ether oxygens (including phenoxy) is 1. The maximum absolute atomic E-state index is 10.7. The first-order valence-electron chi connectivity index (χ1n) is 12.6. The molecule has 180 valence electrons. The molecular formula is C30H37NO3. The minimum atomic E-state index is -0.565. The summed E-state index contributed by atoms with van der Waals surface area (Å²) < 4.78 is 6.41. The van der Waals surface area contributed by atoms with Crippen LogP contribution in [0.2, 0.25) is 0 Å². The Bertz CT molecular complexity index is 1020. The highest BCUT2D eigenvalue weighted by Crippen LogP contribution is 2.52. The fourth-order valence-electron chi connectivity index (χ4n) is 5.21. The summed E-state index contributed by atoms with van der Waals surface area (Å²) in [6, 6.07) is 16.7. The van der Waals surface area contributed by atoms with E-state index < -0.39 is 12.2 Å². The van der Waals surface area contributed by atoms with Crippen LogP contribution in [0.5, 0.6) is 5.75 Å². The van der Waals surface area contributed by atoms with Crippen molar-refractivity contribution in [2.45, 2.75) is 70.2 Å². The largest absolute Gasteiger partial charge is 0.489 e.